The van der Waals surface area contributed by atoms with Crippen LogP contribution in [0.3, 0.4) is 0 Å². The Morgan fingerprint density at radius 3 is 2.66 bits per heavy atom. The van der Waals surface area contributed by atoms with Crippen LogP contribution in [0.1, 0.15) is 19.4 Å². The lowest BCUT2D eigenvalue weighted by Crippen LogP contribution is -2.18. The molecule has 35 heavy (non-hydrogen) atoms. The molecular formula is C24H25N7O3S. The fourth-order valence-corrected chi connectivity index (χ4v) is 4.38. The van der Waals surface area contributed by atoms with E-state index >= 15 is 0 Å². The number of rotatable bonds is 8. The molecule has 0 aliphatic rings. The molecule has 0 radical (unpaired) electrons. The van der Waals surface area contributed by atoms with Gasteiger partial charge in [-0.15, -0.1) is 16.9 Å². The molecule has 0 fully saturated rings. The number of fused-ring (bicyclic) bond motifs is 3. The van der Waals surface area contributed by atoms with Crippen molar-refractivity contribution in [1.82, 2.24) is 29.4 Å². The van der Waals surface area contributed by atoms with Gasteiger partial charge in [-0.1, -0.05) is 26.0 Å². The van der Waals surface area contributed by atoms with Crippen molar-refractivity contribution in [1.29, 1.82) is 0 Å². The van der Waals surface area contributed by atoms with E-state index in [0.717, 1.165) is 21.7 Å². The van der Waals surface area contributed by atoms with Crippen LogP contribution >= 0.6 is 11.8 Å². The lowest BCUT2D eigenvalue weighted by Gasteiger charge is -2.09. The SMILES string of the molecule is CSc1c2c(nc(NC(=O)Cc3ccc(OCC(C)C)cc3)n3nc(-c4ccco4)nc23)nn1C. The molecule has 4 aromatic heterocycles. The van der Waals surface area contributed by atoms with Crippen LogP contribution in [0.4, 0.5) is 5.95 Å². The minimum Gasteiger partial charge on any atom is -0.493 e. The highest BCUT2D eigenvalue weighted by atomic mass is 32.2. The number of nitrogens with one attached hydrogen (secondary N) is 1. The Morgan fingerprint density at radius 2 is 1.97 bits per heavy atom. The summed E-state index contributed by atoms with van der Waals surface area (Å²) >= 11 is 1.54. The Morgan fingerprint density at radius 1 is 1.17 bits per heavy atom. The highest BCUT2D eigenvalue weighted by molar-refractivity contribution is 7.98. The maximum Gasteiger partial charge on any atom is 0.234 e. The number of hydrogen-bond donors (Lipinski definition) is 1. The molecule has 11 heteroatoms. The van der Waals surface area contributed by atoms with E-state index in [1.165, 1.54) is 16.3 Å². The van der Waals surface area contributed by atoms with Gasteiger partial charge in [-0.2, -0.15) is 14.6 Å². The molecule has 0 aliphatic carbocycles. The predicted molar refractivity (Wildman–Crippen MR) is 134 cm³/mol. The summed E-state index contributed by atoms with van der Waals surface area (Å²) in [5, 5.41) is 13.6. The summed E-state index contributed by atoms with van der Waals surface area (Å²) < 4.78 is 14.5. The van der Waals surface area contributed by atoms with E-state index in [1.54, 1.807) is 23.1 Å². The predicted octanol–water partition coefficient (Wildman–Crippen LogP) is 4.21. The molecule has 0 saturated heterocycles. The third kappa shape index (κ3) is 4.59. The molecule has 180 valence electrons. The van der Waals surface area contributed by atoms with Gasteiger partial charge in [-0.25, -0.2) is 4.98 Å². The van der Waals surface area contributed by atoms with Crippen molar-refractivity contribution in [2.24, 2.45) is 13.0 Å². The van der Waals surface area contributed by atoms with Gasteiger partial charge in [0.1, 0.15) is 10.8 Å². The number of ether oxygens (including phenoxy) is 1. The summed E-state index contributed by atoms with van der Waals surface area (Å²) in [5.74, 6) is 2.15. The quantitative estimate of drug-likeness (QED) is 0.321. The van der Waals surface area contributed by atoms with Gasteiger partial charge in [0.25, 0.3) is 0 Å². The van der Waals surface area contributed by atoms with Crippen molar-refractivity contribution in [2.75, 3.05) is 18.2 Å². The van der Waals surface area contributed by atoms with Gasteiger partial charge in [0.15, 0.2) is 17.1 Å². The number of furan rings is 1. The topological polar surface area (TPSA) is 112 Å². The molecule has 0 saturated carbocycles. The van der Waals surface area contributed by atoms with E-state index < -0.39 is 0 Å². The third-order valence-electron chi connectivity index (χ3n) is 5.28. The van der Waals surface area contributed by atoms with E-state index in [9.17, 15) is 4.79 Å². The number of nitrogens with zero attached hydrogens (tertiary/aromatic N) is 6. The van der Waals surface area contributed by atoms with Crippen LogP contribution in [0.2, 0.25) is 0 Å². The average molecular weight is 492 g/mol. The number of carbonyl (C=O) groups excluding carboxylic acids is 1. The summed E-state index contributed by atoms with van der Waals surface area (Å²) in [6, 6.07) is 11.1. The number of anilines is 1. The number of aromatic nitrogens is 6. The highest BCUT2D eigenvalue weighted by Crippen LogP contribution is 2.31. The summed E-state index contributed by atoms with van der Waals surface area (Å²) in [7, 11) is 1.85. The largest absolute Gasteiger partial charge is 0.493 e. The van der Waals surface area contributed by atoms with Crippen LogP contribution in [-0.4, -0.2) is 48.1 Å². The van der Waals surface area contributed by atoms with E-state index in [4.69, 9.17) is 9.15 Å². The molecule has 0 unspecified atom stereocenters. The van der Waals surface area contributed by atoms with Gasteiger partial charge >= 0.3 is 0 Å². The van der Waals surface area contributed by atoms with Crippen LogP contribution in [0, 0.1) is 5.92 Å². The number of aryl methyl sites for hydroxylation is 1. The second-order valence-corrected chi connectivity index (χ2v) is 9.28. The molecule has 5 rings (SSSR count). The molecule has 1 aromatic carbocycles. The molecule has 4 heterocycles. The molecule has 5 aromatic rings. The normalized spacial score (nSPS) is 11.6. The second-order valence-electron chi connectivity index (χ2n) is 8.49. The Bertz CT molecular complexity index is 1490. The van der Waals surface area contributed by atoms with Gasteiger partial charge in [-0.05, 0) is 42.0 Å². The second kappa shape index (κ2) is 9.41. The van der Waals surface area contributed by atoms with Gasteiger partial charge in [0.05, 0.1) is 24.7 Å². The summed E-state index contributed by atoms with van der Waals surface area (Å²) in [5.41, 5.74) is 1.87. The van der Waals surface area contributed by atoms with E-state index in [0.29, 0.717) is 35.4 Å². The zero-order valence-corrected chi connectivity index (χ0v) is 20.7. The van der Waals surface area contributed by atoms with Crippen LogP contribution in [0.25, 0.3) is 28.3 Å². The third-order valence-corrected chi connectivity index (χ3v) is 6.13. The van der Waals surface area contributed by atoms with Crippen molar-refractivity contribution in [3.8, 4) is 17.3 Å². The Labute approximate surface area is 205 Å². The van der Waals surface area contributed by atoms with Crippen molar-refractivity contribution in [3.63, 3.8) is 0 Å². The molecule has 0 spiro atoms. The molecule has 1 N–H and O–H groups in total. The standard InChI is InChI=1S/C24H25N7O3S/c1-14(2)13-34-16-9-7-15(8-10-16)12-18(32)25-24-27-21-19(23(35-4)30(3)28-21)22-26-20(29-31(22)24)17-6-5-11-33-17/h5-11,14H,12-13H2,1-4H3,(H,25,27,28,32). The van der Waals surface area contributed by atoms with Gasteiger partial charge < -0.3 is 9.15 Å². The lowest BCUT2D eigenvalue weighted by molar-refractivity contribution is -0.115. The lowest BCUT2D eigenvalue weighted by atomic mass is 10.1. The monoisotopic (exact) mass is 491 g/mol. The maximum absolute atomic E-state index is 12.9. The van der Waals surface area contributed by atoms with Crippen LogP contribution in [0.15, 0.2) is 52.1 Å². The summed E-state index contributed by atoms with van der Waals surface area (Å²) in [6.45, 7) is 4.84. The fourth-order valence-electron chi connectivity index (χ4n) is 3.68. The molecule has 0 bridgehead atoms. The van der Waals surface area contributed by atoms with E-state index in [2.05, 4.69) is 39.3 Å². The van der Waals surface area contributed by atoms with E-state index in [-0.39, 0.29) is 18.3 Å². The minimum atomic E-state index is -0.231. The fraction of sp³-hybridized carbons (Fsp3) is 0.292. The first kappa shape index (κ1) is 22.9. The number of amides is 1. The van der Waals surface area contributed by atoms with Crippen molar-refractivity contribution >= 4 is 40.3 Å². The summed E-state index contributed by atoms with van der Waals surface area (Å²) in [6.07, 6.45) is 3.70. The maximum atomic E-state index is 12.9. The Kier molecular flexibility index (Phi) is 6.16. The molecule has 1 amide bonds. The molecule has 10 nitrogen and oxygen atoms in total. The van der Waals surface area contributed by atoms with Crippen molar-refractivity contribution in [2.45, 2.75) is 25.3 Å². The van der Waals surface area contributed by atoms with Crippen LogP contribution in [-0.2, 0) is 18.3 Å². The first-order valence-corrected chi connectivity index (χ1v) is 12.4. The van der Waals surface area contributed by atoms with Crippen molar-refractivity contribution < 1.29 is 13.9 Å². The zero-order chi connectivity index (χ0) is 24.5. The van der Waals surface area contributed by atoms with Crippen LogP contribution < -0.4 is 10.1 Å². The first-order chi connectivity index (χ1) is 16.9. The molecule has 0 atom stereocenters. The Balaban J connectivity index is 1.46. The van der Waals surface area contributed by atoms with Crippen LogP contribution in [0.5, 0.6) is 5.75 Å². The first-order valence-electron chi connectivity index (χ1n) is 11.2. The van der Waals surface area contributed by atoms with Gasteiger partial charge in [0.2, 0.25) is 17.7 Å². The minimum absolute atomic E-state index is 0.170. The number of benzene rings is 1. The Hall–Kier alpha value is -3.86. The average Bonchev–Trinajstić information content (AvgIpc) is 3.56. The molecule has 0 aliphatic heterocycles. The van der Waals surface area contributed by atoms with Gasteiger partial charge in [-0.3, -0.25) is 14.8 Å². The zero-order valence-electron chi connectivity index (χ0n) is 19.8. The van der Waals surface area contributed by atoms with Gasteiger partial charge in [0, 0.05) is 7.05 Å². The molecular weight excluding hydrogens is 466 g/mol. The number of thioether (sulfide) groups is 1. The number of carbonyl (C=O) groups is 1. The summed E-state index contributed by atoms with van der Waals surface area (Å²) in [4.78, 5) is 22.2. The van der Waals surface area contributed by atoms with Crippen molar-refractivity contribution in [3.05, 3.63) is 48.2 Å². The van der Waals surface area contributed by atoms with E-state index in [1.807, 2.05) is 37.6 Å². The highest BCUT2D eigenvalue weighted by Gasteiger charge is 2.22. The number of hydrogen-bond acceptors (Lipinski definition) is 8. The smallest absolute Gasteiger partial charge is 0.234 e.